The number of hydrogen-bond donors (Lipinski definition) is 2. The van der Waals surface area contributed by atoms with Crippen molar-refractivity contribution in [2.24, 2.45) is 0 Å². The van der Waals surface area contributed by atoms with Crippen molar-refractivity contribution < 1.29 is 32.2 Å². The molecule has 1 atom stereocenters. The number of rotatable bonds is 2. The van der Waals surface area contributed by atoms with Gasteiger partial charge in [-0.15, -0.1) is 0 Å². The second kappa shape index (κ2) is 2.31. The van der Waals surface area contributed by atoms with E-state index in [0.717, 1.165) is 0 Å². The van der Waals surface area contributed by atoms with Crippen molar-refractivity contribution in [1.29, 1.82) is 0 Å². The van der Waals surface area contributed by atoms with Crippen LogP contribution in [0.4, 0.5) is 22.0 Å². The van der Waals surface area contributed by atoms with Gasteiger partial charge in [0, 0.05) is 0 Å². The van der Waals surface area contributed by atoms with Gasteiger partial charge in [0.1, 0.15) is 0 Å². The third-order valence-electron chi connectivity index (χ3n) is 0.711. The average molecular weight is 166 g/mol. The summed E-state index contributed by atoms with van der Waals surface area (Å²) >= 11 is 0. The quantitative estimate of drug-likeness (QED) is 0.586. The van der Waals surface area contributed by atoms with Crippen molar-refractivity contribution in [3.8, 4) is 0 Å². The van der Waals surface area contributed by atoms with Crippen LogP contribution in [-0.2, 0) is 0 Å². The van der Waals surface area contributed by atoms with Gasteiger partial charge in [0.05, 0.1) is 0 Å². The SMILES string of the molecule is OC(F)(F)C(O)(F)C(F)F. The van der Waals surface area contributed by atoms with Crippen LogP contribution in [0.2, 0.25) is 0 Å². The molecule has 0 aromatic heterocycles. The van der Waals surface area contributed by atoms with Crippen LogP contribution < -0.4 is 0 Å². The average Bonchev–Trinajstić information content (AvgIpc) is 1.62. The molecule has 0 amide bonds. The van der Waals surface area contributed by atoms with E-state index in [-0.39, 0.29) is 0 Å². The molecular formula is C3H3F5O2. The highest BCUT2D eigenvalue weighted by Gasteiger charge is 2.60. The zero-order valence-corrected chi connectivity index (χ0v) is 4.36. The third kappa shape index (κ3) is 1.54. The lowest BCUT2D eigenvalue weighted by Crippen LogP contribution is -2.49. The Morgan fingerprint density at radius 2 is 1.30 bits per heavy atom. The molecule has 0 bridgehead atoms. The minimum atomic E-state index is -5.44. The fraction of sp³-hybridized carbons (Fsp3) is 1.00. The number of hydrogen-bond acceptors (Lipinski definition) is 2. The van der Waals surface area contributed by atoms with E-state index in [2.05, 4.69) is 0 Å². The Morgan fingerprint density at radius 3 is 1.30 bits per heavy atom. The summed E-state index contributed by atoms with van der Waals surface area (Å²) in [5.41, 5.74) is 0. The molecule has 0 fully saturated rings. The lowest BCUT2D eigenvalue weighted by atomic mass is 10.3. The maximum absolute atomic E-state index is 11.5. The molecule has 2 N–H and O–H groups in total. The molecular weight excluding hydrogens is 163 g/mol. The molecule has 0 spiro atoms. The van der Waals surface area contributed by atoms with Crippen molar-refractivity contribution in [3.63, 3.8) is 0 Å². The molecule has 10 heavy (non-hydrogen) atoms. The topological polar surface area (TPSA) is 40.5 Å². The smallest absolute Gasteiger partial charge is 0.351 e. The molecule has 0 saturated heterocycles. The first-order valence-corrected chi connectivity index (χ1v) is 1.99. The maximum atomic E-state index is 11.5. The van der Waals surface area contributed by atoms with Gasteiger partial charge in [0.25, 0.3) is 0 Å². The second-order valence-electron chi connectivity index (χ2n) is 1.52. The molecule has 0 aromatic rings. The predicted molar refractivity (Wildman–Crippen MR) is 19.2 cm³/mol. The molecule has 0 saturated carbocycles. The van der Waals surface area contributed by atoms with E-state index >= 15 is 0 Å². The van der Waals surface area contributed by atoms with Crippen molar-refractivity contribution in [3.05, 3.63) is 0 Å². The van der Waals surface area contributed by atoms with Crippen molar-refractivity contribution >= 4 is 0 Å². The molecule has 7 heteroatoms. The maximum Gasteiger partial charge on any atom is 0.418 e. The van der Waals surface area contributed by atoms with Gasteiger partial charge in [-0.25, -0.2) is 8.78 Å². The fourth-order valence-corrected chi connectivity index (χ4v) is 0.131. The molecule has 0 heterocycles. The van der Waals surface area contributed by atoms with Crippen LogP contribution in [-0.4, -0.2) is 28.6 Å². The summed E-state index contributed by atoms with van der Waals surface area (Å²) in [5, 5.41) is 14.8. The van der Waals surface area contributed by atoms with Crippen LogP contribution in [0.25, 0.3) is 0 Å². The van der Waals surface area contributed by atoms with Crippen molar-refractivity contribution in [2.45, 2.75) is 18.4 Å². The normalized spacial score (nSPS) is 19.2. The van der Waals surface area contributed by atoms with Gasteiger partial charge in [-0.1, -0.05) is 0 Å². The first-order chi connectivity index (χ1) is 4.19. The molecule has 0 aliphatic heterocycles. The van der Waals surface area contributed by atoms with Gasteiger partial charge in [-0.3, -0.25) is 0 Å². The zero-order valence-electron chi connectivity index (χ0n) is 4.36. The predicted octanol–water partition coefficient (Wildman–Crippen LogP) is 0.495. The van der Waals surface area contributed by atoms with Crippen molar-refractivity contribution in [1.82, 2.24) is 0 Å². The summed E-state index contributed by atoms with van der Waals surface area (Å²) in [6, 6.07) is 0. The Hall–Kier alpha value is -0.430. The van der Waals surface area contributed by atoms with Gasteiger partial charge in [0.2, 0.25) is 0 Å². The molecule has 0 radical (unpaired) electrons. The van der Waals surface area contributed by atoms with Crippen molar-refractivity contribution in [2.75, 3.05) is 0 Å². The Kier molecular flexibility index (Phi) is 2.21. The van der Waals surface area contributed by atoms with E-state index in [1.807, 2.05) is 0 Å². The van der Waals surface area contributed by atoms with Gasteiger partial charge >= 0.3 is 18.4 Å². The summed E-state index contributed by atoms with van der Waals surface area (Å²) < 4.78 is 56.0. The highest BCUT2D eigenvalue weighted by molar-refractivity contribution is 4.76. The molecule has 0 rings (SSSR count). The van der Waals surface area contributed by atoms with Gasteiger partial charge < -0.3 is 10.2 Å². The molecule has 0 aliphatic carbocycles. The summed E-state index contributed by atoms with van der Waals surface area (Å²) in [5.74, 6) is -5.17. The van der Waals surface area contributed by atoms with Gasteiger partial charge in [-0.2, -0.15) is 13.2 Å². The van der Waals surface area contributed by atoms with E-state index in [1.165, 1.54) is 0 Å². The first kappa shape index (κ1) is 9.57. The molecule has 2 nitrogen and oxygen atoms in total. The lowest BCUT2D eigenvalue weighted by molar-refractivity contribution is -0.383. The number of alkyl halides is 5. The first-order valence-electron chi connectivity index (χ1n) is 1.99. The molecule has 62 valence electrons. The van der Waals surface area contributed by atoms with Crippen LogP contribution >= 0.6 is 0 Å². The minimum absolute atomic E-state index is 4.35. The largest absolute Gasteiger partial charge is 0.418 e. The number of halogens is 5. The highest BCUT2D eigenvalue weighted by Crippen LogP contribution is 2.32. The summed E-state index contributed by atoms with van der Waals surface area (Å²) in [6.45, 7) is 0. The third-order valence-corrected chi connectivity index (χ3v) is 0.711. The monoisotopic (exact) mass is 166 g/mol. The van der Waals surface area contributed by atoms with Crippen LogP contribution in [0.5, 0.6) is 0 Å². The molecule has 0 aromatic carbocycles. The van der Waals surface area contributed by atoms with Gasteiger partial charge in [0.15, 0.2) is 0 Å². The van der Waals surface area contributed by atoms with E-state index in [0.29, 0.717) is 0 Å². The summed E-state index contributed by atoms with van der Waals surface area (Å²) in [7, 11) is 0. The van der Waals surface area contributed by atoms with E-state index in [1.54, 1.807) is 0 Å². The zero-order chi connectivity index (χ0) is 8.58. The highest BCUT2D eigenvalue weighted by atomic mass is 19.3. The Bertz CT molecular complexity index is 117. The lowest BCUT2D eigenvalue weighted by Gasteiger charge is -2.21. The van der Waals surface area contributed by atoms with Crippen LogP contribution in [0.1, 0.15) is 0 Å². The van der Waals surface area contributed by atoms with Crippen LogP contribution in [0.15, 0.2) is 0 Å². The van der Waals surface area contributed by atoms with Crippen LogP contribution in [0.3, 0.4) is 0 Å². The van der Waals surface area contributed by atoms with Crippen LogP contribution in [0, 0.1) is 0 Å². The summed E-state index contributed by atoms with van der Waals surface area (Å²) in [4.78, 5) is 0. The fourth-order valence-electron chi connectivity index (χ4n) is 0.131. The molecule has 0 aliphatic rings. The Balaban J connectivity index is 4.40. The Labute approximate surface area is 51.9 Å². The minimum Gasteiger partial charge on any atom is -0.351 e. The number of aliphatic hydroxyl groups is 2. The summed E-state index contributed by atoms with van der Waals surface area (Å²) in [6.07, 6.45) is -9.80. The van der Waals surface area contributed by atoms with Gasteiger partial charge in [-0.05, 0) is 0 Å². The standard InChI is InChI=1S/C3H3F5O2/c4-1(5)2(6,9)3(7,8)10/h1,9-10H. The van der Waals surface area contributed by atoms with E-state index < -0.39 is 18.4 Å². The Morgan fingerprint density at radius 1 is 1.00 bits per heavy atom. The van der Waals surface area contributed by atoms with E-state index in [4.69, 9.17) is 10.2 Å². The van der Waals surface area contributed by atoms with E-state index in [9.17, 15) is 22.0 Å². The molecule has 1 unspecified atom stereocenters. The second-order valence-corrected chi connectivity index (χ2v) is 1.52.